The van der Waals surface area contributed by atoms with E-state index in [1.54, 1.807) is 24.3 Å². The summed E-state index contributed by atoms with van der Waals surface area (Å²) in [6, 6.07) is 29.7. The van der Waals surface area contributed by atoms with Crippen molar-refractivity contribution >= 4 is 43.5 Å². The number of nitrogens with one attached hydrogen (secondary N) is 1. The second-order valence-electron chi connectivity index (χ2n) is 10.8. The van der Waals surface area contributed by atoms with E-state index in [0.29, 0.717) is 12.2 Å². The lowest BCUT2D eigenvalue weighted by atomic mass is 10.0. The predicted molar refractivity (Wildman–Crippen MR) is 179 cm³/mol. The summed E-state index contributed by atoms with van der Waals surface area (Å²) < 4.78 is 30.3. The van der Waals surface area contributed by atoms with Crippen molar-refractivity contribution < 1.29 is 18.0 Å². The molecule has 0 saturated carbocycles. The van der Waals surface area contributed by atoms with Crippen LogP contribution >= 0.6 is 15.9 Å². The van der Waals surface area contributed by atoms with Gasteiger partial charge in [0.2, 0.25) is 11.8 Å². The number of aryl methyl sites for hydroxylation is 2. The number of anilines is 1. The normalized spacial score (nSPS) is 11.9. The Bertz CT molecular complexity index is 1660. The molecular weight excluding hydrogens is 638 g/mol. The largest absolute Gasteiger partial charge is 0.354 e. The molecule has 1 N–H and O–H groups in total. The molecule has 0 spiro atoms. The maximum atomic E-state index is 14.5. The van der Waals surface area contributed by atoms with Gasteiger partial charge in [0.15, 0.2) is 0 Å². The van der Waals surface area contributed by atoms with Crippen LogP contribution in [0.1, 0.15) is 35.6 Å². The molecule has 0 heterocycles. The number of hydrogen-bond acceptors (Lipinski definition) is 4. The fourth-order valence-corrected chi connectivity index (χ4v) is 6.79. The number of hydrogen-bond donors (Lipinski definition) is 1. The predicted octanol–water partition coefficient (Wildman–Crippen LogP) is 6.43. The van der Waals surface area contributed by atoms with Crippen LogP contribution < -0.4 is 9.62 Å². The summed E-state index contributed by atoms with van der Waals surface area (Å²) in [6.07, 6.45) is 1.01. The summed E-state index contributed by atoms with van der Waals surface area (Å²) in [5.41, 5.74) is 3.81. The molecule has 9 heteroatoms. The van der Waals surface area contributed by atoms with Crippen LogP contribution in [0.15, 0.2) is 112 Å². The Labute approximate surface area is 269 Å². The lowest BCUT2D eigenvalue weighted by Crippen LogP contribution is -2.53. The van der Waals surface area contributed by atoms with Gasteiger partial charge in [-0.25, -0.2) is 8.42 Å². The summed E-state index contributed by atoms with van der Waals surface area (Å²) in [5, 5.41) is 2.97. The van der Waals surface area contributed by atoms with E-state index in [-0.39, 0.29) is 23.8 Å². The molecule has 0 saturated heterocycles. The van der Waals surface area contributed by atoms with Gasteiger partial charge in [0.1, 0.15) is 12.6 Å². The van der Waals surface area contributed by atoms with Gasteiger partial charge in [-0.05, 0) is 67.3 Å². The summed E-state index contributed by atoms with van der Waals surface area (Å²) >= 11 is 3.46. The molecular formula is C35H38BrN3O4S. The Balaban J connectivity index is 1.81. The maximum absolute atomic E-state index is 14.5. The van der Waals surface area contributed by atoms with Crippen molar-refractivity contribution in [2.45, 2.75) is 51.1 Å². The zero-order valence-electron chi connectivity index (χ0n) is 25.2. The smallest absolute Gasteiger partial charge is 0.264 e. The molecule has 0 aromatic heterocycles. The van der Waals surface area contributed by atoms with Gasteiger partial charge in [-0.1, -0.05) is 101 Å². The monoisotopic (exact) mass is 675 g/mol. The molecule has 44 heavy (non-hydrogen) atoms. The molecule has 4 rings (SSSR count). The first-order chi connectivity index (χ1) is 21.1. The van der Waals surface area contributed by atoms with Crippen molar-refractivity contribution in [3.63, 3.8) is 0 Å². The SMILES string of the molecule is CCCNC(=O)[C@@H](Cc1ccccc1)N(Cc1ccc(Br)cc1)C(=O)CN(c1ccc(C)cc1C)S(=O)(=O)c1ccccc1. The Morgan fingerprint density at radius 1 is 0.841 bits per heavy atom. The third-order valence-corrected chi connectivity index (χ3v) is 9.62. The van der Waals surface area contributed by atoms with Crippen molar-refractivity contribution in [3.05, 3.63) is 130 Å². The van der Waals surface area contributed by atoms with Crippen LogP contribution in [0.25, 0.3) is 0 Å². The van der Waals surface area contributed by atoms with Crippen LogP contribution in [-0.2, 0) is 32.6 Å². The molecule has 4 aromatic rings. The van der Waals surface area contributed by atoms with Crippen LogP contribution in [0.4, 0.5) is 5.69 Å². The first-order valence-corrected chi connectivity index (χ1v) is 16.8. The van der Waals surface area contributed by atoms with Gasteiger partial charge in [-0.3, -0.25) is 13.9 Å². The average molecular weight is 677 g/mol. The van der Waals surface area contributed by atoms with Crippen molar-refractivity contribution in [1.82, 2.24) is 10.2 Å². The van der Waals surface area contributed by atoms with E-state index in [1.165, 1.54) is 17.0 Å². The van der Waals surface area contributed by atoms with Crippen molar-refractivity contribution in [2.75, 3.05) is 17.4 Å². The lowest BCUT2D eigenvalue weighted by Gasteiger charge is -2.34. The fourth-order valence-electron chi connectivity index (χ4n) is 5.02. The Hall–Kier alpha value is -3.95. The Morgan fingerprint density at radius 3 is 2.09 bits per heavy atom. The average Bonchev–Trinajstić information content (AvgIpc) is 3.02. The van der Waals surface area contributed by atoms with E-state index in [4.69, 9.17) is 0 Å². The van der Waals surface area contributed by atoms with Crippen LogP contribution in [0.5, 0.6) is 0 Å². The number of carbonyl (C=O) groups excluding carboxylic acids is 2. The Kier molecular flexibility index (Phi) is 11.4. The van der Waals surface area contributed by atoms with E-state index < -0.39 is 28.5 Å². The van der Waals surface area contributed by atoms with Gasteiger partial charge in [0.25, 0.3) is 10.0 Å². The van der Waals surface area contributed by atoms with Gasteiger partial charge < -0.3 is 10.2 Å². The molecule has 1 atom stereocenters. The summed E-state index contributed by atoms with van der Waals surface area (Å²) in [7, 11) is -4.14. The molecule has 0 aliphatic rings. The zero-order chi connectivity index (χ0) is 31.7. The standard InChI is InChI=1S/C35H38BrN3O4S/c1-4-21-37-35(41)33(23-28-11-7-5-8-12-28)38(24-29-16-18-30(36)19-17-29)34(40)25-39(32-20-15-26(2)22-27(32)3)44(42,43)31-13-9-6-10-14-31/h5-20,22,33H,4,21,23-25H2,1-3H3,(H,37,41)/t33-/m1/s1. The van der Waals surface area contributed by atoms with Gasteiger partial charge in [-0.2, -0.15) is 0 Å². The maximum Gasteiger partial charge on any atom is 0.264 e. The van der Waals surface area contributed by atoms with E-state index in [0.717, 1.165) is 37.5 Å². The number of carbonyl (C=O) groups is 2. The van der Waals surface area contributed by atoms with E-state index in [9.17, 15) is 18.0 Å². The third-order valence-electron chi connectivity index (χ3n) is 7.32. The van der Waals surface area contributed by atoms with Crippen LogP contribution in [-0.4, -0.2) is 44.3 Å². The Morgan fingerprint density at radius 2 is 1.48 bits per heavy atom. The highest BCUT2D eigenvalue weighted by Crippen LogP contribution is 2.28. The van der Waals surface area contributed by atoms with Crippen LogP contribution in [0, 0.1) is 13.8 Å². The molecule has 0 bridgehead atoms. The van der Waals surface area contributed by atoms with Gasteiger partial charge in [0.05, 0.1) is 10.6 Å². The van der Waals surface area contributed by atoms with Crippen LogP contribution in [0.3, 0.4) is 0 Å². The highest BCUT2D eigenvalue weighted by atomic mass is 79.9. The molecule has 0 unspecified atom stereocenters. The molecule has 0 fully saturated rings. The summed E-state index contributed by atoms with van der Waals surface area (Å²) in [6.45, 7) is 5.82. The molecule has 0 aliphatic carbocycles. The van der Waals surface area contributed by atoms with Crippen molar-refractivity contribution in [3.8, 4) is 0 Å². The van der Waals surface area contributed by atoms with Crippen molar-refractivity contribution in [2.24, 2.45) is 0 Å². The summed E-state index contributed by atoms with van der Waals surface area (Å²) in [4.78, 5) is 29.8. The quantitative estimate of drug-likeness (QED) is 0.177. The number of amides is 2. The summed E-state index contributed by atoms with van der Waals surface area (Å²) in [5.74, 6) is -0.773. The van der Waals surface area contributed by atoms with Gasteiger partial charge in [-0.15, -0.1) is 0 Å². The molecule has 7 nitrogen and oxygen atoms in total. The van der Waals surface area contributed by atoms with Crippen molar-refractivity contribution in [1.29, 1.82) is 0 Å². The number of nitrogens with zero attached hydrogens (tertiary/aromatic N) is 2. The van der Waals surface area contributed by atoms with Gasteiger partial charge >= 0.3 is 0 Å². The highest BCUT2D eigenvalue weighted by Gasteiger charge is 2.35. The molecule has 230 valence electrons. The minimum absolute atomic E-state index is 0.0776. The number of benzene rings is 4. The number of halogens is 1. The lowest BCUT2D eigenvalue weighted by molar-refractivity contribution is -0.140. The highest BCUT2D eigenvalue weighted by molar-refractivity contribution is 9.10. The second-order valence-corrected chi connectivity index (χ2v) is 13.5. The number of rotatable bonds is 13. The first kappa shape index (κ1) is 33.0. The molecule has 2 amide bonds. The minimum Gasteiger partial charge on any atom is -0.354 e. The van der Waals surface area contributed by atoms with E-state index >= 15 is 0 Å². The zero-order valence-corrected chi connectivity index (χ0v) is 27.6. The first-order valence-electron chi connectivity index (χ1n) is 14.6. The topological polar surface area (TPSA) is 86.8 Å². The molecule has 4 aromatic carbocycles. The van der Waals surface area contributed by atoms with Crippen LogP contribution in [0.2, 0.25) is 0 Å². The van der Waals surface area contributed by atoms with E-state index in [2.05, 4.69) is 21.2 Å². The molecule has 0 radical (unpaired) electrons. The fraction of sp³-hybridized carbons (Fsp3) is 0.257. The van der Waals surface area contributed by atoms with Gasteiger partial charge in [0, 0.05) is 24.0 Å². The number of sulfonamides is 1. The van der Waals surface area contributed by atoms with E-state index in [1.807, 2.05) is 87.5 Å². The minimum atomic E-state index is -4.14. The second kappa shape index (κ2) is 15.2. The third kappa shape index (κ3) is 8.36. The molecule has 0 aliphatic heterocycles.